The van der Waals surface area contributed by atoms with Crippen LogP contribution >= 0.6 is 0 Å². The van der Waals surface area contributed by atoms with Gasteiger partial charge in [0, 0.05) is 31.6 Å². The van der Waals surface area contributed by atoms with Crippen LogP contribution in [0.3, 0.4) is 0 Å². The van der Waals surface area contributed by atoms with Gasteiger partial charge in [0.15, 0.2) is 0 Å². The van der Waals surface area contributed by atoms with Crippen LogP contribution in [-0.4, -0.2) is 48.4 Å². The molecule has 2 unspecified atom stereocenters. The topological polar surface area (TPSA) is 61.4 Å². The molecule has 0 aromatic heterocycles. The van der Waals surface area contributed by atoms with E-state index in [1.807, 2.05) is 13.8 Å². The van der Waals surface area contributed by atoms with Crippen LogP contribution in [0.5, 0.6) is 0 Å². The second-order valence-corrected chi connectivity index (χ2v) is 6.65. The summed E-state index contributed by atoms with van der Waals surface area (Å²) in [5, 5.41) is 6.40. The normalized spacial score (nSPS) is 28.5. The van der Waals surface area contributed by atoms with E-state index in [4.69, 9.17) is 0 Å². The summed E-state index contributed by atoms with van der Waals surface area (Å²) >= 11 is 0. The largest absolute Gasteiger partial charge is 0.352 e. The molecule has 2 aliphatic heterocycles. The number of hydrogen-bond donors (Lipinski definition) is 2. The Kier molecular flexibility index (Phi) is 5.02. The van der Waals surface area contributed by atoms with E-state index in [-0.39, 0.29) is 24.4 Å². The lowest BCUT2D eigenvalue weighted by atomic mass is 9.89. The Morgan fingerprint density at radius 3 is 2.40 bits per heavy atom. The summed E-state index contributed by atoms with van der Waals surface area (Å²) in [6.45, 7) is 4.00. The molecule has 0 aliphatic carbocycles. The lowest BCUT2D eigenvalue weighted by Gasteiger charge is -2.29. The molecule has 2 heterocycles. The van der Waals surface area contributed by atoms with E-state index in [1.54, 1.807) is 11.9 Å². The van der Waals surface area contributed by atoms with Gasteiger partial charge in [-0.25, -0.2) is 0 Å². The minimum atomic E-state index is -0.0822. The van der Waals surface area contributed by atoms with Crippen molar-refractivity contribution in [3.63, 3.8) is 0 Å². The Hall–Kier alpha value is -1.10. The third-order valence-corrected chi connectivity index (χ3v) is 4.29. The van der Waals surface area contributed by atoms with Gasteiger partial charge in [-0.1, -0.05) is 0 Å². The first-order valence-corrected chi connectivity index (χ1v) is 7.73. The first-order valence-electron chi connectivity index (χ1n) is 7.73. The molecule has 2 atom stereocenters. The van der Waals surface area contributed by atoms with Crippen LogP contribution in [0.4, 0.5) is 0 Å². The molecule has 2 aliphatic rings. The highest BCUT2D eigenvalue weighted by Gasteiger charge is 2.34. The van der Waals surface area contributed by atoms with Crippen LogP contribution in [-0.2, 0) is 9.59 Å². The first kappa shape index (κ1) is 15.3. The summed E-state index contributed by atoms with van der Waals surface area (Å²) in [6, 6.07) is 1.34. The maximum Gasteiger partial charge on any atom is 0.239 e. The summed E-state index contributed by atoms with van der Waals surface area (Å²) < 4.78 is 0. The Labute approximate surface area is 121 Å². The predicted octanol–water partition coefficient (Wildman–Crippen LogP) is 0.890. The van der Waals surface area contributed by atoms with Gasteiger partial charge in [0.1, 0.15) is 0 Å². The molecule has 114 valence electrons. The lowest BCUT2D eigenvalue weighted by molar-refractivity contribution is -0.135. The smallest absolute Gasteiger partial charge is 0.239 e. The fourth-order valence-corrected chi connectivity index (χ4v) is 3.42. The summed E-state index contributed by atoms with van der Waals surface area (Å²) in [5.74, 6) is 0.494. The molecule has 0 aromatic carbocycles. The molecule has 2 amide bonds. The van der Waals surface area contributed by atoms with E-state index in [9.17, 15) is 9.59 Å². The van der Waals surface area contributed by atoms with Crippen molar-refractivity contribution < 1.29 is 9.59 Å². The zero-order valence-electron chi connectivity index (χ0n) is 12.8. The zero-order valence-corrected chi connectivity index (χ0v) is 12.8. The van der Waals surface area contributed by atoms with Crippen LogP contribution in [0.15, 0.2) is 0 Å². The average molecular weight is 281 g/mol. The van der Waals surface area contributed by atoms with E-state index in [1.165, 1.54) is 12.8 Å². The molecule has 2 bridgehead atoms. The fourth-order valence-electron chi connectivity index (χ4n) is 3.42. The summed E-state index contributed by atoms with van der Waals surface area (Å²) in [4.78, 5) is 25.4. The number of hydrogen-bond acceptors (Lipinski definition) is 3. The predicted molar refractivity (Wildman–Crippen MR) is 78.2 cm³/mol. The fraction of sp³-hybridized carbons (Fsp3) is 0.867. The number of piperidine rings is 1. The average Bonchev–Trinajstić information content (AvgIpc) is 2.67. The van der Waals surface area contributed by atoms with Gasteiger partial charge in [0.2, 0.25) is 11.8 Å². The minimum absolute atomic E-state index is 0.0822. The van der Waals surface area contributed by atoms with Gasteiger partial charge in [0.25, 0.3) is 0 Å². The zero-order chi connectivity index (χ0) is 14.7. The number of carbonyl (C=O) groups is 2. The molecule has 5 nitrogen and oxygen atoms in total. The highest BCUT2D eigenvalue weighted by molar-refractivity contribution is 5.84. The highest BCUT2D eigenvalue weighted by Crippen LogP contribution is 2.32. The van der Waals surface area contributed by atoms with Crippen LogP contribution < -0.4 is 10.6 Å². The molecular weight excluding hydrogens is 254 g/mol. The number of amides is 2. The van der Waals surface area contributed by atoms with Crippen molar-refractivity contribution in [1.29, 1.82) is 0 Å². The van der Waals surface area contributed by atoms with Crippen molar-refractivity contribution in [2.45, 2.75) is 64.1 Å². The number of likely N-dealkylation sites (N-methyl/N-ethyl adjacent to an activating group) is 1. The third-order valence-electron chi connectivity index (χ3n) is 4.29. The van der Waals surface area contributed by atoms with E-state index >= 15 is 0 Å². The Bertz CT molecular complexity index is 358. The molecule has 2 N–H and O–H groups in total. The molecule has 20 heavy (non-hydrogen) atoms. The number of rotatable bonds is 5. The Balaban J connectivity index is 1.75. The third kappa shape index (κ3) is 4.20. The number of nitrogens with one attached hydrogen (secondary N) is 2. The highest BCUT2D eigenvalue weighted by atomic mass is 16.2. The quantitative estimate of drug-likeness (QED) is 0.787. The number of nitrogens with zero attached hydrogens (tertiary/aromatic N) is 1. The molecular formula is C15H27N3O2. The maximum atomic E-state index is 12.2. The SMILES string of the molecule is CC(C)NC(=O)CN(C)C(=O)CC1CC2CCC(C1)N2. The lowest BCUT2D eigenvalue weighted by Crippen LogP contribution is -2.43. The molecule has 0 saturated carbocycles. The van der Waals surface area contributed by atoms with Gasteiger partial charge < -0.3 is 15.5 Å². The van der Waals surface area contributed by atoms with Gasteiger partial charge in [-0.2, -0.15) is 0 Å². The number of carbonyl (C=O) groups excluding carboxylic acids is 2. The van der Waals surface area contributed by atoms with Gasteiger partial charge in [-0.15, -0.1) is 0 Å². The molecule has 0 aromatic rings. The molecule has 2 rings (SSSR count). The van der Waals surface area contributed by atoms with Crippen molar-refractivity contribution in [2.24, 2.45) is 5.92 Å². The van der Waals surface area contributed by atoms with Crippen molar-refractivity contribution >= 4 is 11.8 Å². The summed E-state index contributed by atoms with van der Waals surface area (Å²) in [7, 11) is 1.72. The van der Waals surface area contributed by atoms with Crippen molar-refractivity contribution in [3.05, 3.63) is 0 Å². The van der Waals surface area contributed by atoms with Crippen LogP contribution in [0.1, 0.15) is 46.0 Å². The first-order chi connectivity index (χ1) is 9.44. The van der Waals surface area contributed by atoms with E-state index < -0.39 is 0 Å². The van der Waals surface area contributed by atoms with Gasteiger partial charge in [0.05, 0.1) is 6.54 Å². The van der Waals surface area contributed by atoms with Crippen molar-refractivity contribution in [3.8, 4) is 0 Å². The molecule has 5 heteroatoms. The Morgan fingerprint density at radius 1 is 1.25 bits per heavy atom. The number of fused-ring (bicyclic) bond motifs is 2. The second-order valence-electron chi connectivity index (χ2n) is 6.65. The standard InChI is InChI=1S/C15H27N3O2/c1-10(2)16-14(19)9-18(3)15(20)8-11-6-12-4-5-13(7-11)17-12/h10-13,17H,4-9H2,1-3H3,(H,16,19). The van der Waals surface area contributed by atoms with Crippen LogP contribution in [0.25, 0.3) is 0 Å². The van der Waals surface area contributed by atoms with Crippen molar-refractivity contribution in [1.82, 2.24) is 15.5 Å². The van der Waals surface area contributed by atoms with E-state index in [0.29, 0.717) is 24.4 Å². The molecule has 0 radical (unpaired) electrons. The summed E-state index contributed by atoms with van der Waals surface area (Å²) in [6.07, 6.45) is 5.30. The second kappa shape index (κ2) is 6.57. The van der Waals surface area contributed by atoms with E-state index in [0.717, 1.165) is 12.8 Å². The maximum absolute atomic E-state index is 12.2. The van der Waals surface area contributed by atoms with Crippen LogP contribution in [0.2, 0.25) is 0 Å². The molecule has 2 saturated heterocycles. The van der Waals surface area contributed by atoms with Gasteiger partial charge >= 0.3 is 0 Å². The Morgan fingerprint density at radius 2 is 1.85 bits per heavy atom. The molecule has 0 spiro atoms. The monoisotopic (exact) mass is 281 g/mol. The minimum Gasteiger partial charge on any atom is -0.352 e. The van der Waals surface area contributed by atoms with Gasteiger partial charge in [-0.3, -0.25) is 9.59 Å². The van der Waals surface area contributed by atoms with Crippen molar-refractivity contribution in [2.75, 3.05) is 13.6 Å². The van der Waals surface area contributed by atoms with Crippen LogP contribution in [0, 0.1) is 5.92 Å². The van der Waals surface area contributed by atoms with E-state index in [2.05, 4.69) is 10.6 Å². The summed E-state index contributed by atoms with van der Waals surface area (Å²) in [5.41, 5.74) is 0. The molecule has 2 fully saturated rings. The van der Waals surface area contributed by atoms with Gasteiger partial charge in [-0.05, 0) is 45.4 Å².